The summed E-state index contributed by atoms with van der Waals surface area (Å²) in [5.41, 5.74) is 3.22. The zero-order valence-electron chi connectivity index (χ0n) is 8.90. The second-order valence-electron chi connectivity index (χ2n) is 3.89. The molecule has 2 nitrogen and oxygen atoms in total. The Morgan fingerprint density at radius 2 is 2.13 bits per heavy atom. The van der Waals surface area contributed by atoms with Crippen LogP contribution in [0.3, 0.4) is 0 Å². The van der Waals surface area contributed by atoms with Gasteiger partial charge >= 0.3 is 0 Å². The smallest absolute Gasteiger partial charge is 0.101 e. The van der Waals surface area contributed by atoms with Gasteiger partial charge in [0.05, 0.1) is 11.3 Å². The van der Waals surface area contributed by atoms with Crippen LogP contribution in [0.2, 0.25) is 0 Å². The monoisotopic (exact) mass is 198 g/mol. The average molecular weight is 198 g/mol. The molecular formula is C13H14N2. The van der Waals surface area contributed by atoms with Crippen molar-refractivity contribution < 1.29 is 0 Å². The third kappa shape index (κ3) is 2.02. The highest BCUT2D eigenvalue weighted by Gasteiger charge is 2.13. The Hall–Kier alpha value is -1.75. The fourth-order valence-electron chi connectivity index (χ4n) is 1.96. The van der Waals surface area contributed by atoms with E-state index in [1.165, 1.54) is 5.57 Å². The summed E-state index contributed by atoms with van der Waals surface area (Å²) in [7, 11) is 0. The Labute approximate surface area is 90.4 Å². The van der Waals surface area contributed by atoms with Crippen LogP contribution in [0.25, 0.3) is 0 Å². The molecule has 0 radical (unpaired) electrons. The third-order valence-corrected chi connectivity index (χ3v) is 2.70. The van der Waals surface area contributed by atoms with Crippen LogP contribution in [0, 0.1) is 11.3 Å². The first-order valence-corrected chi connectivity index (χ1v) is 5.21. The van der Waals surface area contributed by atoms with Gasteiger partial charge in [0.25, 0.3) is 0 Å². The number of anilines is 1. The van der Waals surface area contributed by atoms with E-state index in [1.807, 2.05) is 24.3 Å². The number of nitriles is 1. The molecule has 0 bridgehead atoms. The normalized spacial score (nSPS) is 15.7. The summed E-state index contributed by atoms with van der Waals surface area (Å²) in [6, 6.07) is 10.1. The van der Waals surface area contributed by atoms with Crippen molar-refractivity contribution in [3.05, 3.63) is 41.5 Å². The van der Waals surface area contributed by atoms with Crippen molar-refractivity contribution in [2.75, 3.05) is 18.0 Å². The molecule has 1 aliphatic rings. The molecule has 0 amide bonds. The molecule has 1 aromatic rings. The van der Waals surface area contributed by atoms with Gasteiger partial charge in [0.15, 0.2) is 0 Å². The zero-order valence-corrected chi connectivity index (χ0v) is 8.90. The van der Waals surface area contributed by atoms with Crippen LogP contribution in [0.1, 0.15) is 18.9 Å². The molecule has 0 aliphatic carbocycles. The average Bonchev–Trinajstić information content (AvgIpc) is 2.29. The summed E-state index contributed by atoms with van der Waals surface area (Å²) >= 11 is 0. The van der Waals surface area contributed by atoms with Crippen LogP contribution in [-0.4, -0.2) is 13.1 Å². The minimum Gasteiger partial charge on any atom is -0.366 e. The van der Waals surface area contributed by atoms with Gasteiger partial charge in [0, 0.05) is 13.1 Å². The largest absolute Gasteiger partial charge is 0.366 e. The van der Waals surface area contributed by atoms with E-state index in [-0.39, 0.29) is 0 Å². The number of nitrogens with zero attached hydrogens (tertiary/aromatic N) is 2. The summed E-state index contributed by atoms with van der Waals surface area (Å²) in [5, 5.41) is 9.02. The maximum absolute atomic E-state index is 9.02. The van der Waals surface area contributed by atoms with Gasteiger partial charge in [-0.2, -0.15) is 5.26 Å². The van der Waals surface area contributed by atoms with Gasteiger partial charge in [-0.05, 0) is 25.5 Å². The molecule has 1 heterocycles. The van der Waals surface area contributed by atoms with E-state index >= 15 is 0 Å². The molecule has 1 aromatic carbocycles. The number of rotatable bonds is 1. The highest BCUT2D eigenvalue weighted by Crippen LogP contribution is 2.23. The predicted octanol–water partition coefficient (Wildman–Crippen LogP) is 2.71. The molecule has 0 fully saturated rings. The van der Waals surface area contributed by atoms with E-state index in [2.05, 4.69) is 24.0 Å². The highest BCUT2D eigenvalue weighted by atomic mass is 15.1. The van der Waals surface area contributed by atoms with Crippen LogP contribution in [0.15, 0.2) is 35.9 Å². The highest BCUT2D eigenvalue weighted by molar-refractivity contribution is 5.60. The molecule has 0 saturated carbocycles. The van der Waals surface area contributed by atoms with Crippen LogP contribution in [-0.2, 0) is 0 Å². The lowest BCUT2D eigenvalue weighted by Gasteiger charge is -2.28. The molecule has 1 aliphatic heterocycles. The number of hydrogen-bond donors (Lipinski definition) is 0. The van der Waals surface area contributed by atoms with E-state index < -0.39 is 0 Å². The Morgan fingerprint density at radius 1 is 1.33 bits per heavy atom. The summed E-state index contributed by atoms with van der Waals surface area (Å²) in [4.78, 5) is 2.27. The van der Waals surface area contributed by atoms with Crippen molar-refractivity contribution >= 4 is 5.69 Å². The van der Waals surface area contributed by atoms with Gasteiger partial charge < -0.3 is 4.90 Å². The second-order valence-corrected chi connectivity index (χ2v) is 3.89. The fourth-order valence-corrected chi connectivity index (χ4v) is 1.96. The minimum absolute atomic E-state index is 0.771. The van der Waals surface area contributed by atoms with Crippen molar-refractivity contribution in [1.29, 1.82) is 5.26 Å². The Kier molecular flexibility index (Phi) is 2.73. The van der Waals surface area contributed by atoms with Crippen LogP contribution >= 0.6 is 0 Å². The van der Waals surface area contributed by atoms with Gasteiger partial charge in [0.1, 0.15) is 6.07 Å². The second kappa shape index (κ2) is 4.18. The van der Waals surface area contributed by atoms with E-state index in [0.717, 1.165) is 30.8 Å². The third-order valence-electron chi connectivity index (χ3n) is 2.70. The summed E-state index contributed by atoms with van der Waals surface area (Å²) in [6.45, 7) is 4.09. The first kappa shape index (κ1) is 9.79. The predicted molar refractivity (Wildman–Crippen MR) is 61.7 cm³/mol. The van der Waals surface area contributed by atoms with E-state index in [4.69, 9.17) is 5.26 Å². The fraction of sp³-hybridized carbons (Fsp3) is 0.308. The van der Waals surface area contributed by atoms with Gasteiger partial charge in [0.2, 0.25) is 0 Å². The van der Waals surface area contributed by atoms with E-state index in [1.54, 1.807) is 0 Å². The lowest BCUT2D eigenvalue weighted by Crippen LogP contribution is -2.29. The molecule has 2 heteroatoms. The zero-order chi connectivity index (χ0) is 10.7. The van der Waals surface area contributed by atoms with Crippen molar-refractivity contribution in [2.24, 2.45) is 0 Å². The number of para-hydroxylation sites is 1. The maximum atomic E-state index is 9.02. The molecule has 2 rings (SSSR count). The van der Waals surface area contributed by atoms with Gasteiger partial charge in [-0.15, -0.1) is 0 Å². The first-order valence-electron chi connectivity index (χ1n) is 5.21. The molecule has 0 N–H and O–H groups in total. The Morgan fingerprint density at radius 3 is 2.87 bits per heavy atom. The lowest BCUT2D eigenvalue weighted by molar-refractivity contribution is 0.790. The van der Waals surface area contributed by atoms with Crippen molar-refractivity contribution in [3.63, 3.8) is 0 Å². The maximum Gasteiger partial charge on any atom is 0.101 e. The summed E-state index contributed by atoms with van der Waals surface area (Å²) in [5.74, 6) is 0. The molecule has 15 heavy (non-hydrogen) atoms. The number of benzene rings is 1. The van der Waals surface area contributed by atoms with Crippen molar-refractivity contribution in [1.82, 2.24) is 0 Å². The number of hydrogen-bond acceptors (Lipinski definition) is 2. The molecule has 0 unspecified atom stereocenters. The van der Waals surface area contributed by atoms with Crippen molar-refractivity contribution in [2.45, 2.75) is 13.3 Å². The SMILES string of the molecule is CC1=CCCN(c2ccccc2C#N)C1. The molecular weight excluding hydrogens is 184 g/mol. The standard InChI is InChI=1S/C13H14N2/c1-11-5-4-8-15(10-11)13-7-3-2-6-12(13)9-14/h2-3,5-7H,4,8,10H2,1H3. The van der Waals surface area contributed by atoms with Crippen LogP contribution < -0.4 is 4.90 Å². The molecule has 0 aromatic heterocycles. The minimum atomic E-state index is 0.771. The Bertz CT molecular complexity index is 426. The molecule has 76 valence electrons. The van der Waals surface area contributed by atoms with Crippen LogP contribution in [0.5, 0.6) is 0 Å². The molecule has 0 atom stereocenters. The van der Waals surface area contributed by atoms with Gasteiger partial charge in [-0.25, -0.2) is 0 Å². The quantitative estimate of drug-likeness (QED) is 0.649. The summed E-state index contributed by atoms with van der Waals surface area (Å²) < 4.78 is 0. The van der Waals surface area contributed by atoms with Gasteiger partial charge in [-0.1, -0.05) is 23.8 Å². The van der Waals surface area contributed by atoms with Gasteiger partial charge in [-0.3, -0.25) is 0 Å². The summed E-state index contributed by atoms with van der Waals surface area (Å²) in [6.07, 6.45) is 3.34. The van der Waals surface area contributed by atoms with E-state index in [9.17, 15) is 0 Å². The molecule has 0 saturated heterocycles. The first-order chi connectivity index (χ1) is 7.31. The molecule has 0 spiro atoms. The Balaban J connectivity index is 2.30. The van der Waals surface area contributed by atoms with E-state index in [0.29, 0.717) is 0 Å². The lowest BCUT2D eigenvalue weighted by atomic mass is 10.1. The van der Waals surface area contributed by atoms with Crippen LogP contribution in [0.4, 0.5) is 5.69 Å². The van der Waals surface area contributed by atoms with Crippen molar-refractivity contribution in [3.8, 4) is 6.07 Å². The topological polar surface area (TPSA) is 27.0 Å².